The highest BCUT2D eigenvalue weighted by molar-refractivity contribution is 5.79. The van der Waals surface area contributed by atoms with Crippen LogP contribution in [-0.2, 0) is 4.79 Å². The second-order valence-corrected chi connectivity index (χ2v) is 8.08. The normalized spacial score (nSPS) is 27.1. The number of nitrogens with two attached hydrogens (primary N) is 1. The molecule has 2 N–H and O–H groups in total. The summed E-state index contributed by atoms with van der Waals surface area (Å²) in [6.45, 7) is 9.74. The second kappa shape index (κ2) is 8.88. The third kappa shape index (κ3) is 5.09. The van der Waals surface area contributed by atoms with E-state index >= 15 is 0 Å². The molecule has 0 aromatic rings. The molecule has 1 saturated carbocycles. The van der Waals surface area contributed by atoms with Crippen molar-refractivity contribution in [2.45, 2.75) is 45.4 Å². The number of nitrogens with zero attached hydrogens (tertiary/aromatic N) is 4. The van der Waals surface area contributed by atoms with Gasteiger partial charge in [0.25, 0.3) is 0 Å². The molecule has 1 amide bonds. The second-order valence-electron chi connectivity index (χ2n) is 8.08. The zero-order valence-corrected chi connectivity index (χ0v) is 15.8. The molecule has 1 unspecified atom stereocenters. The van der Waals surface area contributed by atoms with E-state index in [1.165, 1.54) is 25.7 Å². The molecule has 3 rings (SSSR count). The van der Waals surface area contributed by atoms with Crippen molar-refractivity contribution < 1.29 is 4.79 Å². The van der Waals surface area contributed by atoms with Crippen LogP contribution >= 0.6 is 0 Å². The molecule has 25 heavy (non-hydrogen) atoms. The van der Waals surface area contributed by atoms with E-state index in [0.717, 1.165) is 65.2 Å². The van der Waals surface area contributed by atoms with Gasteiger partial charge < -0.3 is 15.5 Å². The number of hydrogen-bond donors (Lipinski definition) is 1. The molecule has 1 atom stereocenters. The number of guanidine groups is 1. The Morgan fingerprint density at radius 3 is 2.40 bits per heavy atom. The van der Waals surface area contributed by atoms with Crippen LogP contribution in [-0.4, -0.2) is 78.9 Å². The van der Waals surface area contributed by atoms with Crippen molar-refractivity contribution in [1.82, 2.24) is 14.7 Å². The van der Waals surface area contributed by atoms with E-state index in [9.17, 15) is 4.79 Å². The molecule has 0 spiro atoms. The molecular weight excluding hydrogens is 314 g/mol. The van der Waals surface area contributed by atoms with Gasteiger partial charge in [0.05, 0.1) is 6.54 Å². The summed E-state index contributed by atoms with van der Waals surface area (Å²) in [6, 6.07) is 0. The predicted octanol–water partition coefficient (Wildman–Crippen LogP) is 1.37. The van der Waals surface area contributed by atoms with Gasteiger partial charge in [0.2, 0.25) is 5.91 Å². The van der Waals surface area contributed by atoms with Crippen LogP contribution in [0.3, 0.4) is 0 Å². The minimum absolute atomic E-state index is 0.308. The van der Waals surface area contributed by atoms with Crippen LogP contribution in [0.25, 0.3) is 0 Å². The Morgan fingerprint density at radius 2 is 1.72 bits per heavy atom. The lowest BCUT2D eigenvalue weighted by molar-refractivity contribution is -0.137. The van der Waals surface area contributed by atoms with E-state index in [1.54, 1.807) is 0 Å². The van der Waals surface area contributed by atoms with Gasteiger partial charge in [0, 0.05) is 51.7 Å². The summed E-state index contributed by atoms with van der Waals surface area (Å²) in [5.74, 6) is 2.14. The first kappa shape index (κ1) is 18.5. The monoisotopic (exact) mass is 349 g/mol. The number of hydrogen-bond acceptors (Lipinski definition) is 3. The van der Waals surface area contributed by atoms with Crippen molar-refractivity contribution in [1.29, 1.82) is 0 Å². The van der Waals surface area contributed by atoms with E-state index in [2.05, 4.69) is 26.6 Å². The summed E-state index contributed by atoms with van der Waals surface area (Å²) in [5, 5.41) is 0. The van der Waals surface area contributed by atoms with Gasteiger partial charge >= 0.3 is 0 Å². The number of carbonyl (C=O) groups excluding carboxylic acids is 1. The SMILES string of the molecule is CC1CCCN(C(N)=NCCN2CCN(C(=O)C3CCCC3)CC2)C1. The molecular formula is C19H35N5O. The van der Waals surface area contributed by atoms with Crippen LogP contribution in [0.4, 0.5) is 0 Å². The third-order valence-corrected chi connectivity index (χ3v) is 6.06. The molecule has 0 aromatic carbocycles. The Kier molecular flexibility index (Phi) is 6.57. The predicted molar refractivity (Wildman–Crippen MR) is 101 cm³/mol. The average Bonchev–Trinajstić information content (AvgIpc) is 3.16. The highest BCUT2D eigenvalue weighted by atomic mass is 16.2. The Morgan fingerprint density at radius 1 is 1.00 bits per heavy atom. The molecule has 2 heterocycles. The van der Waals surface area contributed by atoms with Crippen LogP contribution in [0.1, 0.15) is 45.4 Å². The van der Waals surface area contributed by atoms with Gasteiger partial charge in [-0.2, -0.15) is 0 Å². The fraction of sp³-hybridized carbons (Fsp3) is 0.895. The third-order valence-electron chi connectivity index (χ3n) is 6.06. The van der Waals surface area contributed by atoms with Crippen molar-refractivity contribution in [3.8, 4) is 0 Å². The topological polar surface area (TPSA) is 65.2 Å². The Balaban J connectivity index is 1.36. The molecule has 6 heteroatoms. The van der Waals surface area contributed by atoms with Crippen LogP contribution in [0.15, 0.2) is 4.99 Å². The average molecular weight is 350 g/mol. The quantitative estimate of drug-likeness (QED) is 0.615. The zero-order chi connectivity index (χ0) is 17.6. The first-order valence-electron chi connectivity index (χ1n) is 10.2. The minimum atomic E-state index is 0.308. The summed E-state index contributed by atoms with van der Waals surface area (Å²) in [5.41, 5.74) is 6.16. The molecule has 2 saturated heterocycles. The maximum atomic E-state index is 12.5. The first-order valence-corrected chi connectivity index (χ1v) is 10.2. The van der Waals surface area contributed by atoms with Crippen molar-refractivity contribution >= 4 is 11.9 Å². The van der Waals surface area contributed by atoms with E-state index < -0.39 is 0 Å². The number of aliphatic imine (C=N–C) groups is 1. The van der Waals surface area contributed by atoms with Crippen molar-refractivity contribution in [2.24, 2.45) is 22.6 Å². The largest absolute Gasteiger partial charge is 0.370 e. The Hall–Kier alpha value is -1.30. The Labute approximate surface area is 152 Å². The van der Waals surface area contributed by atoms with Gasteiger partial charge in [0.15, 0.2) is 5.96 Å². The lowest BCUT2D eigenvalue weighted by Crippen LogP contribution is -2.50. The first-order chi connectivity index (χ1) is 12.1. The van der Waals surface area contributed by atoms with Gasteiger partial charge in [-0.3, -0.25) is 14.7 Å². The van der Waals surface area contributed by atoms with Gasteiger partial charge in [0.1, 0.15) is 0 Å². The van der Waals surface area contributed by atoms with Crippen LogP contribution < -0.4 is 5.73 Å². The smallest absolute Gasteiger partial charge is 0.225 e. The molecule has 3 aliphatic rings. The van der Waals surface area contributed by atoms with Crippen LogP contribution in [0, 0.1) is 11.8 Å². The molecule has 2 aliphatic heterocycles. The van der Waals surface area contributed by atoms with Crippen LogP contribution in [0.2, 0.25) is 0 Å². The zero-order valence-electron chi connectivity index (χ0n) is 15.8. The molecule has 6 nitrogen and oxygen atoms in total. The number of piperazine rings is 1. The summed E-state index contributed by atoms with van der Waals surface area (Å²) < 4.78 is 0. The number of rotatable bonds is 4. The van der Waals surface area contributed by atoms with E-state index in [-0.39, 0.29) is 0 Å². The number of amides is 1. The van der Waals surface area contributed by atoms with E-state index in [0.29, 0.717) is 23.7 Å². The highest BCUT2D eigenvalue weighted by Crippen LogP contribution is 2.26. The molecule has 0 bridgehead atoms. The number of piperidine rings is 1. The maximum absolute atomic E-state index is 12.5. The maximum Gasteiger partial charge on any atom is 0.225 e. The summed E-state index contributed by atoms with van der Waals surface area (Å²) in [4.78, 5) is 23.8. The number of carbonyl (C=O) groups is 1. The molecule has 1 aliphatic carbocycles. The summed E-state index contributed by atoms with van der Waals surface area (Å²) in [7, 11) is 0. The highest BCUT2D eigenvalue weighted by Gasteiger charge is 2.29. The lowest BCUT2D eigenvalue weighted by atomic mass is 10.0. The molecule has 142 valence electrons. The fourth-order valence-corrected chi connectivity index (χ4v) is 4.43. The van der Waals surface area contributed by atoms with Gasteiger partial charge in [-0.25, -0.2) is 0 Å². The van der Waals surface area contributed by atoms with E-state index in [1.807, 2.05) is 0 Å². The molecule has 0 radical (unpaired) electrons. The summed E-state index contributed by atoms with van der Waals surface area (Å²) in [6.07, 6.45) is 7.17. The van der Waals surface area contributed by atoms with Gasteiger partial charge in [-0.05, 0) is 31.6 Å². The Bertz CT molecular complexity index is 466. The fourth-order valence-electron chi connectivity index (χ4n) is 4.43. The van der Waals surface area contributed by atoms with Crippen LogP contribution in [0.5, 0.6) is 0 Å². The number of likely N-dealkylation sites (tertiary alicyclic amines) is 1. The summed E-state index contributed by atoms with van der Waals surface area (Å²) >= 11 is 0. The van der Waals surface area contributed by atoms with Gasteiger partial charge in [-0.15, -0.1) is 0 Å². The molecule has 0 aromatic heterocycles. The lowest BCUT2D eigenvalue weighted by Gasteiger charge is -2.36. The minimum Gasteiger partial charge on any atom is -0.370 e. The van der Waals surface area contributed by atoms with Crippen molar-refractivity contribution in [3.05, 3.63) is 0 Å². The standard InChI is InChI=1S/C19H35N5O/c1-16-5-4-9-24(15-16)19(20)21-8-10-22-11-13-23(14-12-22)18(25)17-6-2-3-7-17/h16-17H,2-15H2,1H3,(H2,20,21). The van der Waals surface area contributed by atoms with Crippen molar-refractivity contribution in [2.75, 3.05) is 52.4 Å². The molecule has 3 fully saturated rings. The van der Waals surface area contributed by atoms with Gasteiger partial charge in [-0.1, -0.05) is 19.8 Å². The van der Waals surface area contributed by atoms with Crippen molar-refractivity contribution in [3.63, 3.8) is 0 Å². The van der Waals surface area contributed by atoms with E-state index in [4.69, 9.17) is 5.73 Å².